The van der Waals surface area contributed by atoms with Gasteiger partial charge < -0.3 is 9.84 Å². The molecule has 0 aromatic heterocycles. The molecule has 1 aromatic carbocycles. The Morgan fingerprint density at radius 3 is 2.09 bits per heavy atom. The molecule has 1 heterocycles. The maximum atomic E-state index is 13.0. The molecular weight excluding hydrogens is 451 g/mol. The average Bonchev–Trinajstić information content (AvgIpc) is 2.98. The molecule has 0 bridgehead atoms. The van der Waals surface area contributed by atoms with E-state index in [9.17, 15) is 32.1 Å². The maximum Gasteiger partial charge on any atom is 0.530 e. The van der Waals surface area contributed by atoms with Gasteiger partial charge in [0.25, 0.3) is 0 Å². The number of carbonyl (C=O) groups is 2. The molecular formula is C21H29F3NO6S+. The first-order valence-electron chi connectivity index (χ1n) is 9.96. The second-order valence-corrected chi connectivity index (χ2v) is 11.0. The zero-order valence-electron chi connectivity index (χ0n) is 18.9. The lowest BCUT2D eigenvalue weighted by Gasteiger charge is -2.42. The topological polar surface area (TPSA) is 89.9 Å². The highest BCUT2D eigenvalue weighted by molar-refractivity contribution is 7.75. The van der Waals surface area contributed by atoms with Crippen LogP contribution in [0.5, 0.6) is 0 Å². The van der Waals surface area contributed by atoms with Crippen LogP contribution in [-0.4, -0.2) is 50.1 Å². The molecule has 1 fully saturated rings. The van der Waals surface area contributed by atoms with E-state index in [0.29, 0.717) is 5.56 Å². The van der Waals surface area contributed by atoms with Gasteiger partial charge >= 0.3 is 29.5 Å². The van der Waals surface area contributed by atoms with Crippen molar-refractivity contribution in [1.29, 1.82) is 0 Å². The molecule has 0 aliphatic carbocycles. The molecule has 180 valence electrons. The zero-order chi connectivity index (χ0) is 24.7. The normalized spacial score (nSPS) is 25.4. The Morgan fingerprint density at radius 2 is 1.69 bits per heavy atom. The number of benzene rings is 1. The fourth-order valence-corrected chi connectivity index (χ4v) is 5.17. The maximum absolute atomic E-state index is 13.0. The van der Waals surface area contributed by atoms with Crippen LogP contribution >= 0.6 is 0 Å². The molecule has 0 spiro atoms. The lowest BCUT2D eigenvalue weighted by molar-refractivity contribution is -0.802. The number of ether oxygens (including phenoxy) is 1. The van der Waals surface area contributed by atoms with E-state index in [-0.39, 0.29) is 13.2 Å². The summed E-state index contributed by atoms with van der Waals surface area (Å²) in [6, 6.07) is 3.22. The van der Waals surface area contributed by atoms with Gasteiger partial charge in [-0.3, -0.25) is 4.79 Å². The summed E-state index contributed by atoms with van der Waals surface area (Å²) in [5.41, 5.74) is -2.49. The van der Waals surface area contributed by atoms with E-state index < -0.39 is 61.9 Å². The van der Waals surface area contributed by atoms with E-state index in [0.717, 1.165) is 12.1 Å². The lowest BCUT2D eigenvalue weighted by atomic mass is 9.88. The molecule has 2 unspecified atom stereocenters. The number of rotatable bonds is 4. The van der Waals surface area contributed by atoms with Gasteiger partial charge in [0.15, 0.2) is 0 Å². The van der Waals surface area contributed by atoms with Gasteiger partial charge in [0, 0.05) is 0 Å². The number of carboxylic acid groups (broad SMARTS) is 1. The first kappa shape index (κ1) is 26.3. The van der Waals surface area contributed by atoms with E-state index in [1.165, 1.54) is 12.1 Å². The molecule has 1 N–H and O–H groups in total. The van der Waals surface area contributed by atoms with E-state index in [1.807, 2.05) is 0 Å². The third-order valence-corrected chi connectivity index (χ3v) is 7.24. The number of hydrogen-bond acceptors (Lipinski definition) is 5. The summed E-state index contributed by atoms with van der Waals surface area (Å²) in [6.07, 6.45) is -5.95. The third kappa shape index (κ3) is 4.84. The lowest BCUT2D eigenvalue weighted by Crippen LogP contribution is -2.67. The van der Waals surface area contributed by atoms with Gasteiger partial charge in [-0.2, -0.15) is 22.2 Å². The molecule has 1 amide bonds. The van der Waals surface area contributed by atoms with Crippen molar-refractivity contribution in [2.45, 2.75) is 65.2 Å². The summed E-state index contributed by atoms with van der Waals surface area (Å²) < 4.78 is 61.6. The van der Waals surface area contributed by atoms with Gasteiger partial charge in [-0.15, -0.1) is 3.89 Å². The van der Waals surface area contributed by atoms with Crippen molar-refractivity contribution < 1.29 is 44.9 Å². The minimum Gasteiger partial charge on any atom is -0.464 e. The Bertz CT molecular complexity index is 889. The highest BCUT2D eigenvalue weighted by atomic mass is 32.2. The molecule has 1 aliphatic heterocycles. The van der Waals surface area contributed by atoms with Gasteiger partial charge in [-0.25, -0.2) is 4.18 Å². The first-order chi connectivity index (χ1) is 14.4. The summed E-state index contributed by atoms with van der Waals surface area (Å²) >= 11 is -2.28. The summed E-state index contributed by atoms with van der Waals surface area (Å²) in [6.45, 7) is 9.14. The Hall–Kier alpha value is -1.98. The zero-order valence-corrected chi connectivity index (χ0v) is 19.7. The number of esters is 1. The second-order valence-electron chi connectivity index (χ2n) is 9.76. The number of hydrogen-bond donors (Lipinski definition) is 1. The summed E-state index contributed by atoms with van der Waals surface area (Å²) in [7, 11) is 0. The third-order valence-electron chi connectivity index (χ3n) is 5.46. The van der Waals surface area contributed by atoms with Crippen LogP contribution in [0.3, 0.4) is 0 Å². The largest absolute Gasteiger partial charge is 0.530 e. The van der Waals surface area contributed by atoms with Crippen LogP contribution in [0.2, 0.25) is 0 Å². The molecule has 32 heavy (non-hydrogen) atoms. The van der Waals surface area contributed by atoms with Crippen LogP contribution in [0.15, 0.2) is 24.3 Å². The standard InChI is InChI=1S/C21H28F3NO6S/c1-19(2,3)17(26)30-11-15(13-7-9-14(10-8-13)21(22,23)24)16-12-31-32(29)25(16,18(27)28)20(4,5)6/h7-10,15-16H,11-12H2,1-6H3/p+1/t15-,16+,25?,32?/m0/s1. The van der Waals surface area contributed by atoms with Crippen LogP contribution < -0.4 is 0 Å². The average molecular weight is 481 g/mol. The summed E-state index contributed by atoms with van der Waals surface area (Å²) in [5.74, 6) is -1.44. The van der Waals surface area contributed by atoms with Gasteiger partial charge in [0.2, 0.25) is 0 Å². The van der Waals surface area contributed by atoms with E-state index in [1.54, 1.807) is 41.5 Å². The second kappa shape index (κ2) is 8.75. The number of nitrogens with zero attached hydrogens (tertiary/aromatic N) is 1. The number of amides is 1. The smallest absolute Gasteiger partial charge is 0.464 e. The summed E-state index contributed by atoms with van der Waals surface area (Å²) in [4.78, 5) is 24.8. The van der Waals surface area contributed by atoms with Crippen LogP contribution in [0, 0.1) is 5.41 Å². The number of halogens is 3. The molecule has 11 heteroatoms. The number of quaternary nitrogens is 1. The molecule has 2 rings (SSSR count). The Labute approximate surface area is 187 Å². The van der Waals surface area contributed by atoms with Crippen molar-refractivity contribution in [3.8, 4) is 0 Å². The molecule has 0 saturated carbocycles. The Balaban J connectivity index is 2.58. The van der Waals surface area contributed by atoms with Crippen LogP contribution in [-0.2, 0) is 31.2 Å². The fraction of sp³-hybridized carbons (Fsp3) is 0.619. The molecule has 1 aromatic rings. The van der Waals surface area contributed by atoms with Gasteiger partial charge in [0.1, 0.15) is 24.8 Å². The van der Waals surface area contributed by atoms with Crippen molar-refractivity contribution in [3.63, 3.8) is 0 Å². The molecule has 0 radical (unpaired) electrons. The quantitative estimate of drug-likeness (QED) is 0.499. The van der Waals surface area contributed by atoms with Gasteiger partial charge in [-0.05, 0) is 59.2 Å². The molecule has 1 saturated heterocycles. The van der Waals surface area contributed by atoms with Crippen molar-refractivity contribution in [2.75, 3.05) is 13.2 Å². The van der Waals surface area contributed by atoms with Crippen LogP contribution in [0.1, 0.15) is 58.6 Å². The van der Waals surface area contributed by atoms with Gasteiger partial charge in [0.05, 0.1) is 16.9 Å². The Kier molecular flexibility index (Phi) is 7.19. The van der Waals surface area contributed by atoms with Crippen molar-refractivity contribution in [3.05, 3.63) is 35.4 Å². The van der Waals surface area contributed by atoms with Crippen molar-refractivity contribution in [2.24, 2.45) is 5.41 Å². The number of carbonyl (C=O) groups excluding carboxylic acids is 1. The molecule has 7 nitrogen and oxygen atoms in total. The minimum atomic E-state index is -4.54. The van der Waals surface area contributed by atoms with Crippen LogP contribution in [0.25, 0.3) is 0 Å². The predicted octanol–water partition coefficient (Wildman–Crippen LogP) is 4.65. The highest BCUT2D eigenvalue weighted by Gasteiger charge is 2.66. The first-order valence-corrected chi connectivity index (χ1v) is 11.0. The molecule has 1 aliphatic rings. The monoisotopic (exact) mass is 480 g/mol. The van der Waals surface area contributed by atoms with E-state index >= 15 is 0 Å². The fourth-order valence-electron chi connectivity index (χ4n) is 3.74. The molecule has 4 atom stereocenters. The minimum absolute atomic E-state index is 0.241. The van der Waals surface area contributed by atoms with Crippen molar-refractivity contribution in [1.82, 2.24) is 0 Å². The van der Waals surface area contributed by atoms with E-state index in [2.05, 4.69) is 0 Å². The van der Waals surface area contributed by atoms with Crippen molar-refractivity contribution >= 4 is 23.3 Å². The highest BCUT2D eigenvalue weighted by Crippen LogP contribution is 2.44. The predicted molar refractivity (Wildman–Crippen MR) is 111 cm³/mol. The van der Waals surface area contributed by atoms with Gasteiger partial charge in [-0.1, -0.05) is 12.1 Å². The summed E-state index contributed by atoms with van der Waals surface area (Å²) in [5, 5.41) is 10.1. The van der Waals surface area contributed by atoms with E-state index in [4.69, 9.17) is 8.92 Å². The number of alkyl halides is 3. The Morgan fingerprint density at radius 1 is 1.16 bits per heavy atom. The van der Waals surface area contributed by atoms with Crippen LogP contribution in [0.4, 0.5) is 18.0 Å². The SMILES string of the molecule is CC(C)(C)C(=O)OC[C@@H](c1ccc(C(F)(F)F)cc1)[C@H]1COS(=O)[N+]1(C(=O)O)C(C)(C)C.